The Hall–Kier alpha value is -1.77. The van der Waals surface area contributed by atoms with Crippen LogP contribution in [0.5, 0.6) is 5.75 Å². The van der Waals surface area contributed by atoms with Gasteiger partial charge in [-0.3, -0.25) is 4.68 Å². The maximum Gasteiger partial charge on any atom is 0.116 e. The number of aromatic hydroxyl groups is 1. The Morgan fingerprint density at radius 1 is 1.36 bits per heavy atom. The molecule has 0 fully saturated rings. The van der Waals surface area contributed by atoms with Gasteiger partial charge in [-0.05, 0) is 24.6 Å². The molecule has 0 aliphatic heterocycles. The van der Waals surface area contributed by atoms with Crippen LogP contribution in [0.3, 0.4) is 0 Å². The first-order valence-electron chi connectivity index (χ1n) is 4.46. The zero-order chi connectivity index (χ0) is 10.1. The van der Waals surface area contributed by atoms with Gasteiger partial charge in [-0.15, -0.1) is 0 Å². The molecule has 1 heterocycles. The van der Waals surface area contributed by atoms with Crippen LogP contribution in [-0.2, 0) is 7.05 Å². The van der Waals surface area contributed by atoms with Crippen LogP contribution >= 0.6 is 0 Å². The summed E-state index contributed by atoms with van der Waals surface area (Å²) in [5.41, 5.74) is 3.15. The topological polar surface area (TPSA) is 38.1 Å². The minimum Gasteiger partial charge on any atom is -0.508 e. The van der Waals surface area contributed by atoms with Gasteiger partial charge in [0, 0.05) is 18.3 Å². The first kappa shape index (κ1) is 8.81. The zero-order valence-corrected chi connectivity index (χ0v) is 8.23. The lowest BCUT2D eigenvalue weighted by atomic mass is 10.1. The van der Waals surface area contributed by atoms with Crippen LogP contribution in [0.15, 0.2) is 30.5 Å². The lowest BCUT2D eigenvalue weighted by Crippen LogP contribution is -1.92. The van der Waals surface area contributed by atoms with Crippen LogP contribution < -0.4 is 0 Å². The Kier molecular flexibility index (Phi) is 2.00. The lowest BCUT2D eigenvalue weighted by Gasteiger charge is -2.01. The molecule has 0 saturated carbocycles. The van der Waals surface area contributed by atoms with E-state index in [0.717, 1.165) is 16.8 Å². The third kappa shape index (κ3) is 1.37. The van der Waals surface area contributed by atoms with E-state index in [9.17, 15) is 5.11 Å². The number of rotatable bonds is 1. The Morgan fingerprint density at radius 2 is 2.14 bits per heavy atom. The summed E-state index contributed by atoms with van der Waals surface area (Å²) in [5, 5.41) is 13.5. The number of hydrogen-bond donors (Lipinski definition) is 1. The van der Waals surface area contributed by atoms with Crippen molar-refractivity contribution >= 4 is 0 Å². The van der Waals surface area contributed by atoms with Crippen molar-refractivity contribution < 1.29 is 5.11 Å². The molecule has 0 aliphatic rings. The molecule has 0 bridgehead atoms. The van der Waals surface area contributed by atoms with E-state index >= 15 is 0 Å². The normalized spacial score (nSPS) is 10.4. The molecule has 1 aromatic heterocycles. The Balaban J connectivity index is 2.55. The fourth-order valence-corrected chi connectivity index (χ4v) is 1.46. The molecule has 0 radical (unpaired) electrons. The molecule has 0 aliphatic carbocycles. The van der Waals surface area contributed by atoms with Crippen molar-refractivity contribution in [3.8, 4) is 16.9 Å². The van der Waals surface area contributed by atoms with Crippen molar-refractivity contribution in [2.45, 2.75) is 6.92 Å². The van der Waals surface area contributed by atoms with E-state index in [-0.39, 0.29) is 5.75 Å². The summed E-state index contributed by atoms with van der Waals surface area (Å²) in [4.78, 5) is 0. The first-order chi connectivity index (χ1) is 6.68. The molecule has 2 rings (SSSR count). The number of phenolic OH excluding ortho intramolecular Hbond substituents is 1. The molecule has 1 aromatic carbocycles. The maximum atomic E-state index is 9.34. The van der Waals surface area contributed by atoms with E-state index in [1.54, 1.807) is 12.1 Å². The van der Waals surface area contributed by atoms with Crippen molar-refractivity contribution in [3.63, 3.8) is 0 Å². The number of hydrogen-bond acceptors (Lipinski definition) is 2. The zero-order valence-electron chi connectivity index (χ0n) is 8.23. The van der Waals surface area contributed by atoms with E-state index in [4.69, 9.17) is 0 Å². The Morgan fingerprint density at radius 3 is 2.71 bits per heavy atom. The second kappa shape index (κ2) is 3.18. The SMILES string of the molecule is Cc1c(-c2cccc(O)c2)cnn1C. The van der Waals surface area contributed by atoms with Crippen LogP contribution in [0.25, 0.3) is 11.1 Å². The smallest absolute Gasteiger partial charge is 0.116 e. The van der Waals surface area contributed by atoms with Crippen molar-refractivity contribution in [3.05, 3.63) is 36.2 Å². The molecule has 3 nitrogen and oxygen atoms in total. The molecule has 0 spiro atoms. The minimum absolute atomic E-state index is 0.283. The van der Waals surface area contributed by atoms with Gasteiger partial charge < -0.3 is 5.11 Å². The molecule has 14 heavy (non-hydrogen) atoms. The predicted octanol–water partition coefficient (Wildman–Crippen LogP) is 2.10. The van der Waals surface area contributed by atoms with Gasteiger partial charge in [0.2, 0.25) is 0 Å². The average molecular weight is 188 g/mol. The number of nitrogens with zero attached hydrogens (tertiary/aromatic N) is 2. The van der Waals surface area contributed by atoms with Crippen LogP contribution in [0.4, 0.5) is 0 Å². The second-order valence-electron chi connectivity index (χ2n) is 3.32. The van der Waals surface area contributed by atoms with Gasteiger partial charge in [0.25, 0.3) is 0 Å². The van der Waals surface area contributed by atoms with Gasteiger partial charge in [-0.25, -0.2) is 0 Å². The molecule has 0 saturated heterocycles. The van der Waals surface area contributed by atoms with Crippen LogP contribution in [-0.4, -0.2) is 14.9 Å². The van der Waals surface area contributed by atoms with Crippen molar-refractivity contribution in [1.82, 2.24) is 9.78 Å². The highest BCUT2D eigenvalue weighted by atomic mass is 16.3. The number of phenols is 1. The summed E-state index contributed by atoms with van der Waals surface area (Å²) in [6.45, 7) is 2.01. The van der Waals surface area contributed by atoms with Crippen molar-refractivity contribution in [1.29, 1.82) is 0 Å². The molecule has 72 valence electrons. The van der Waals surface area contributed by atoms with E-state index in [2.05, 4.69) is 5.10 Å². The molecule has 0 atom stereocenters. The van der Waals surface area contributed by atoms with Gasteiger partial charge in [0.1, 0.15) is 5.75 Å². The van der Waals surface area contributed by atoms with E-state index in [0.29, 0.717) is 0 Å². The second-order valence-corrected chi connectivity index (χ2v) is 3.32. The van der Waals surface area contributed by atoms with Gasteiger partial charge in [0.05, 0.1) is 6.20 Å². The summed E-state index contributed by atoms with van der Waals surface area (Å²) >= 11 is 0. The molecular weight excluding hydrogens is 176 g/mol. The molecule has 1 N–H and O–H groups in total. The maximum absolute atomic E-state index is 9.34. The molecule has 0 unspecified atom stereocenters. The Labute approximate surface area is 82.6 Å². The third-order valence-electron chi connectivity index (χ3n) is 2.39. The van der Waals surface area contributed by atoms with E-state index in [1.807, 2.05) is 37.0 Å². The van der Waals surface area contributed by atoms with Crippen LogP contribution in [0.2, 0.25) is 0 Å². The van der Waals surface area contributed by atoms with Crippen LogP contribution in [0, 0.1) is 6.92 Å². The van der Waals surface area contributed by atoms with Crippen molar-refractivity contribution in [2.24, 2.45) is 7.05 Å². The average Bonchev–Trinajstić information content (AvgIpc) is 2.48. The summed E-state index contributed by atoms with van der Waals surface area (Å²) in [7, 11) is 1.90. The third-order valence-corrected chi connectivity index (χ3v) is 2.39. The van der Waals surface area contributed by atoms with E-state index in [1.165, 1.54) is 0 Å². The molecular formula is C11H12N2O. The minimum atomic E-state index is 0.283. The highest BCUT2D eigenvalue weighted by molar-refractivity contribution is 5.66. The standard InChI is InChI=1S/C11H12N2O/c1-8-11(7-12-13(8)2)9-4-3-5-10(14)6-9/h3-7,14H,1-2H3. The predicted molar refractivity (Wildman–Crippen MR) is 55.0 cm³/mol. The summed E-state index contributed by atoms with van der Waals surface area (Å²) in [6, 6.07) is 7.19. The Bertz CT molecular complexity index is 460. The number of aromatic nitrogens is 2. The molecule has 0 amide bonds. The van der Waals surface area contributed by atoms with Crippen molar-refractivity contribution in [2.75, 3.05) is 0 Å². The molecule has 3 heteroatoms. The summed E-state index contributed by atoms with van der Waals surface area (Å²) < 4.78 is 1.82. The van der Waals surface area contributed by atoms with Gasteiger partial charge in [0.15, 0.2) is 0 Å². The fraction of sp³-hybridized carbons (Fsp3) is 0.182. The van der Waals surface area contributed by atoms with Gasteiger partial charge >= 0.3 is 0 Å². The fourth-order valence-electron chi connectivity index (χ4n) is 1.46. The van der Waals surface area contributed by atoms with Crippen LogP contribution in [0.1, 0.15) is 5.69 Å². The highest BCUT2D eigenvalue weighted by Gasteiger charge is 2.05. The quantitative estimate of drug-likeness (QED) is 0.744. The number of aryl methyl sites for hydroxylation is 1. The van der Waals surface area contributed by atoms with E-state index < -0.39 is 0 Å². The van der Waals surface area contributed by atoms with Gasteiger partial charge in [-0.1, -0.05) is 12.1 Å². The van der Waals surface area contributed by atoms with Gasteiger partial charge in [-0.2, -0.15) is 5.10 Å². The summed E-state index contributed by atoms with van der Waals surface area (Å²) in [5.74, 6) is 0.283. The monoisotopic (exact) mass is 188 g/mol. The summed E-state index contributed by atoms with van der Waals surface area (Å²) in [6.07, 6.45) is 1.81. The molecule has 2 aromatic rings. The lowest BCUT2D eigenvalue weighted by molar-refractivity contribution is 0.475. The number of benzene rings is 1. The largest absolute Gasteiger partial charge is 0.508 e. The first-order valence-corrected chi connectivity index (χ1v) is 4.46. The highest BCUT2D eigenvalue weighted by Crippen LogP contribution is 2.25.